The van der Waals surface area contributed by atoms with Gasteiger partial charge >= 0.3 is 0 Å². The van der Waals surface area contributed by atoms with Gasteiger partial charge in [-0.05, 0) is 48.4 Å². The number of aryl methyl sites for hydroxylation is 1. The number of nitrogens with one attached hydrogen (secondary N) is 1. The number of hydrogen-bond acceptors (Lipinski definition) is 8. The molecule has 10 heteroatoms. The molecule has 2 aromatic carbocycles. The van der Waals surface area contributed by atoms with E-state index in [0.717, 1.165) is 71.4 Å². The average Bonchev–Trinajstić information content (AvgIpc) is 3.56. The summed E-state index contributed by atoms with van der Waals surface area (Å²) in [5.74, 6) is 1.39. The topological polar surface area (TPSA) is 105 Å². The van der Waals surface area contributed by atoms with Crippen molar-refractivity contribution in [1.29, 1.82) is 0 Å². The fraction of sp³-hybridized carbons (Fsp3) is 0.259. The average molecular weight is 514 g/mol. The zero-order chi connectivity index (χ0) is 25.2. The number of fused-ring (bicyclic) bond motifs is 1. The summed E-state index contributed by atoms with van der Waals surface area (Å²) >= 11 is 1.58. The molecule has 6 rings (SSSR count). The Bertz CT molecular complexity index is 1510. The van der Waals surface area contributed by atoms with E-state index in [0.29, 0.717) is 17.1 Å². The molecular formula is C27H27N7O2S. The Balaban J connectivity index is 1.42. The maximum atomic E-state index is 11.0. The van der Waals surface area contributed by atoms with Gasteiger partial charge in [0.1, 0.15) is 5.75 Å². The standard InChI is InChI=1S/C27H27N7O2S/c1-2-23-21-14-22(25(35)15-24(21)30-29-23)26-31-32-27(37-17-18-4-3-9-28-16-18)34(26)20-7-5-19(6-8-20)33-10-12-36-13-11-33/h3-9,14-16,35H,2,10-13,17H2,1H3,(H,29,30). The van der Waals surface area contributed by atoms with Crippen molar-refractivity contribution >= 4 is 28.4 Å². The van der Waals surface area contributed by atoms with Gasteiger partial charge < -0.3 is 14.7 Å². The number of H-pyrrole nitrogens is 1. The molecule has 37 heavy (non-hydrogen) atoms. The zero-order valence-electron chi connectivity index (χ0n) is 20.5. The van der Waals surface area contributed by atoms with Gasteiger partial charge in [-0.3, -0.25) is 14.6 Å². The third kappa shape index (κ3) is 4.65. The Morgan fingerprint density at radius 2 is 1.86 bits per heavy atom. The lowest BCUT2D eigenvalue weighted by atomic mass is 10.1. The van der Waals surface area contributed by atoms with Gasteiger partial charge in [0.05, 0.1) is 24.3 Å². The number of morpholine rings is 1. The molecular weight excluding hydrogens is 486 g/mol. The van der Waals surface area contributed by atoms with Gasteiger partial charge in [-0.25, -0.2) is 0 Å². The Kier molecular flexibility index (Phi) is 6.50. The summed E-state index contributed by atoms with van der Waals surface area (Å²) in [4.78, 5) is 6.55. The predicted octanol–water partition coefficient (Wildman–Crippen LogP) is 4.60. The minimum atomic E-state index is 0.115. The van der Waals surface area contributed by atoms with Crippen molar-refractivity contribution in [2.45, 2.75) is 24.3 Å². The number of aromatic nitrogens is 6. The molecule has 0 atom stereocenters. The van der Waals surface area contributed by atoms with E-state index in [1.54, 1.807) is 24.0 Å². The van der Waals surface area contributed by atoms with Gasteiger partial charge in [0, 0.05) is 59.8 Å². The lowest BCUT2D eigenvalue weighted by Gasteiger charge is -2.29. The Hall–Kier alpha value is -3.89. The first-order valence-electron chi connectivity index (χ1n) is 12.3. The number of phenolic OH excluding ortho intramolecular Hbond substituents is 1. The highest BCUT2D eigenvalue weighted by atomic mass is 32.2. The second-order valence-corrected chi connectivity index (χ2v) is 9.79. The fourth-order valence-electron chi connectivity index (χ4n) is 4.58. The maximum absolute atomic E-state index is 11.0. The predicted molar refractivity (Wildman–Crippen MR) is 144 cm³/mol. The van der Waals surface area contributed by atoms with E-state index in [1.165, 1.54) is 0 Å². The SMILES string of the molecule is CCc1[nH]nc2cc(O)c(-c3nnc(SCc4cccnc4)n3-c3ccc(N4CCOCC4)cc3)cc12. The number of hydrogen-bond donors (Lipinski definition) is 2. The molecule has 188 valence electrons. The van der Waals surface area contributed by atoms with Crippen LogP contribution in [0.3, 0.4) is 0 Å². The molecule has 1 aliphatic heterocycles. The van der Waals surface area contributed by atoms with E-state index in [-0.39, 0.29) is 5.75 Å². The largest absolute Gasteiger partial charge is 0.507 e. The van der Waals surface area contributed by atoms with E-state index in [4.69, 9.17) is 4.74 Å². The smallest absolute Gasteiger partial charge is 0.196 e. The first-order chi connectivity index (χ1) is 18.2. The molecule has 9 nitrogen and oxygen atoms in total. The van der Waals surface area contributed by atoms with Crippen LogP contribution in [-0.4, -0.2) is 61.4 Å². The number of aromatic hydroxyl groups is 1. The van der Waals surface area contributed by atoms with Gasteiger partial charge in [0.15, 0.2) is 11.0 Å². The summed E-state index contributed by atoms with van der Waals surface area (Å²) in [5, 5.41) is 29.2. The number of phenols is 1. The third-order valence-corrected chi connectivity index (χ3v) is 7.55. The molecule has 1 saturated heterocycles. The van der Waals surface area contributed by atoms with Gasteiger partial charge in [0.25, 0.3) is 0 Å². The summed E-state index contributed by atoms with van der Waals surface area (Å²) in [5.41, 5.74) is 5.53. The minimum absolute atomic E-state index is 0.115. The van der Waals surface area contributed by atoms with Crippen LogP contribution in [-0.2, 0) is 16.9 Å². The Morgan fingerprint density at radius 1 is 1.05 bits per heavy atom. The number of aromatic amines is 1. The van der Waals surface area contributed by atoms with Crippen molar-refractivity contribution < 1.29 is 9.84 Å². The van der Waals surface area contributed by atoms with Crippen LogP contribution in [0.1, 0.15) is 18.2 Å². The highest BCUT2D eigenvalue weighted by molar-refractivity contribution is 7.98. The lowest BCUT2D eigenvalue weighted by molar-refractivity contribution is 0.122. The van der Waals surface area contributed by atoms with Gasteiger partial charge in [-0.2, -0.15) is 5.10 Å². The quantitative estimate of drug-likeness (QED) is 0.304. The molecule has 1 fully saturated rings. The molecule has 3 aromatic heterocycles. The molecule has 4 heterocycles. The molecule has 0 amide bonds. The molecule has 5 aromatic rings. The number of ether oxygens (including phenoxy) is 1. The molecule has 0 saturated carbocycles. The number of benzene rings is 2. The van der Waals surface area contributed by atoms with Gasteiger partial charge in [-0.15, -0.1) is 10.2 Å². The van der Waals surface area contributed by atoms with Crippen molar-refractivity contribution in [2.24, 2.45) is 0 Å². The third-order valence-electron chi connectivity index (χ3n) is 6.55. The lowest BCUT2D eigenvalue weighted by Crippen LogP contribution is -2.36. The number of nitrogens with zero attached hydrogens (tertiary/aromatic N) is 6. The van der Waals surface area contributed by atoms with E-state index in [2.05, 4.69) is 61.5 Å². The van der Waals surface area contributed by atoms with Gasteiger partial charge in [0.2, 0.25) is 0 Å². The van der Waals surface area contributed by atoms with Crippen LogP contribution in [0.4, 0.5) is 5.69 Å². The zero-order valence-corrected chi connectivity index (χ0v) is 21.3. The monoisotopic (exact) mass is 513 g/mol. The molecule has 0 aliphatic carbocycles. The van der Waals surface area contributed by atoms with Crippen molar-refractivity contribution in [1.82, 2.24) is 29.9 Å². The molecule has 0 bridgehead atoms. The van der Waals surface area contributed by atoms with Crippen LogP contribution in [0.25, 0.3) is 28.0 Å². The summed E-state index contributed by atoms with van der Waals surface area (Å²) < 4.78 is 7.51. The van der Waals surface area contributed by atoms with E-state index >= 15 is 0 Å². The van der Waals surface area contributed by atoms with Crippen LogP contribution < -0.4 is 4.90 Å². The summed E-state index contributed by atoms with van der Waals surface area (Å²) in [6.45, 7) is 5.30. The molecule has 2 N–H and O–H groups in total. The van der Waals surface area contributed by atoms with Crippen molar-refractivity contribution in [3.63, 3.8) is 0 Å². The molecule has 0 radical (unpaired) electrons. The molecule has 0 unspecified atom stereocenters. The first-order valence-corrected chi connectivity index (χ1v) is 13.3. The Morgan fingerprint density at radius 3 is 2.62 bits per heavy atom. The molecule has 0 spiro atoms. The van der Waals surface area contributed by atoms with Gasteiger partial charge in [-0.1, -0.05) is 24.8 Å². The minimum Gasteiger partial charge on any atom is -0.507 e. The second kappa shape index (κ2) is 10.2. The van der Waals surface area contributed by atoms with Crippen molar-refractivity contribution in [3.05, 3.63) is 72.2 Å². The van der Waals surface area contributed by atoms with Crippen molar-refractivity contribution in [2.75, 3.05) is 31.2 Å². The van der Waals surface area contributed by atoms with Crippen LogP contribution >= 0.6 is 11.8 Å². The van der Waals surface area contributed by atoms with E-state index < -0.39 is 0 Å². The normalized spacial score (nSPS) is 13.9. The van der Waals surface area contributed by atoms with Crippen LogP contribution in [0, 0.1) is 0 Å². The molecule has 1 aliphatic rings. The van der Waals surface area contributed by atoms with Crippen LogP contribution in [0.5, 0.6) is 5.75 Å². The number of rotatable bonds is 7. The Labute approximate surface area is 218 Å². The summed E-state index contributed by atoms with van der Waals surface area (Å²) in [7, 11) is 0. The van der Waals surface area contributed by atoms with E-state index in [9.17, 15) is 5.11 Å². The second-order valence-electron chi connectivity index (χ2n) is 8.85. The first kappa shape index (κ1) is 23.5. The highest BCUT2D eigenvalue weighted by Gasteiger charge is 2.21. The fourth-order valence-corrected chi connectivity index (χ4v) is 5.47. The summed E-state index contributed by atoms with van der Waals surface area (Å²) in [6, 6.07) is 16.0. The number of thioether (sulfide) groups is 1. The number of pyridine rings is 1. The maximum Gasteiger partial charge on any atom is 0.196 e. The highest BCUT2D eigenvalue weighted by Crippen LogP contribution is 2.37. The van der Waals surface area contributed by atoms with Crippen LogP contribution in [0.2, 0.25) is 0 Å². The number of anilines is 1. The van der Waals surface area contributed by atoms with Crippen molar-refractivity contribution in [3.8, 4) is 22.8 Å². The van der Waals surface area contributed by atoms with Crippen LogP contribution in [0.15, 0.2) is 66.1 Å². The van der Waals surface area contributed by atoms with E-state index in [1.807, 2.05) is 29.0 Å². The summed E-state index contributed by atoms with van der Waals surface area (Å²) in [6.07, 6.45) is 4.43.